The van der Waals surface area contributed by atoms with Crippen molar-refractivity contribution in [2.24, 2.45) is 0 Å². The van der Waals surface area contributed by atoms with E-state index < -0.39 is 0 Å². The Morgan fingerprint density at radius 1 is 1.17 bits per heavy atom. The maximum atomic E-state index is 12.9. The molecule has 2 heterocycles. The average molecular weight is 391 g/mol. The first kappa shape index (κ1) is 19.6. The molecule has 2 aromatic rings. The molecular formula is C24H30N4O. The second kappa shape index (κ2) is 9.70. The second-order valence-electron chi connectivity index (χ2n) is 7.85. The van der Waals surface area contributed by atoms with E-state index in [4.69, 9.17) is 0 Å². The van der Waals surface area contributed by atoms with Crippen molar-refractivity contribution in [1.29, 1.82) is 0 Å². The highest BCUT2D eigenvalue weighted by atomic mass is 16.1. The van der Waals surface area contributed by atoms with E-state index in [1.54, 1.807) is 6.20 Å². The van der Waals surface area contributed by atoms with Crippen LogP contribution < -0.4 is 15.5 Å². The number of benzene rings is 1. The van der Waals surface area contributed by atoms with E-state index in [0.29, 0.717) is 12.1 Å². The largest absolute Gasteiger partial charge is 0.353 e. The molecule has 5 nitrogen and oxygen atoms in total. The minimum atomic E-state index is -0.0284. The summed E-state index contributed by atoms with van der Waals surface area (Å²) < 4.78 is 0. The van der Waals surface area contributed by atoms with Gasteiger partial charge >= 0.3 is 0 Å². The fourth-order valence-corrected chi connectivity index (χ4v) is 4.24. The number of allylic oxidation sites excluding steroid dienone is 1. The summed E-state index contributed by atoms with van der Waals surface area (Å²) in [6.07, 6.45) is 10.00. The van der Waals surface area contributed by atoms with Crippen LogP contribution >= 0.6 is 0 Å². The lowest BCUT2D eigenvalue weighted by atomic mass is 9.97. The van der Waals surface area contributed by atoms with Gasteiger partial charge < -0.3 is 15.5 Å². The molecule has 29 heavy (non-hydrogen) atoms. The molecule has 2 N–H and O–H groups in total. The Hall–Kier alpha value is -2.66. The molecule has 0 radical (unpaired) electrons. The van der Waals surface area contributed by atoms with E-state index in [2.05, 4.69) is 50.9 Å². The fourth-order valence-electron chi connectivity index (χ4n) is 4.24. The van der Waals surface area contributed by atoms with Crippen LogP contribution in [0.4, 0.5) is 5.82 Å². The first-order chi connectivity index (χ1) is 14.3. The summed E-state index contributed by atoms with van der Waals surface area (Å²) in [4.78, 5) is 19.7. The smallest absolute Gasteiger partial charge is 0.255 e. The molecular weight excluding hydrogens is 360 g/mol. The molecule has 1 aliphatic carbocycles. The van der Waals surface area contributed by atoms with Crippen molar-refractivity contribution >= 4 is 11.7 Å². The van der Waals surface area contributed by atoms with E-state index in [-0.39, 0.29) is 11.9 Å². The van der Waals surface area contributed by atoms with Crippen LogP contribution in [0.15, 0.2) is 60.3 Å². The van der Waals surface area contributed by atoms with Gasteiger partial charge in [0.1, 0.15) is 5.82 Å². The number of pyridine rings is 1. The van der Waals surface area contributed by atoms with Crippen LogP contribution in [0.1, 0.15) is 54.1 Å². The molecule has 0 saturated carbocycles. The lowest BCUT2D eigenvalue weighted by Gasteiger charge is -2.35. The highest BCUT2D eigenvalue weighted by Gasteiger charge is 2.25. The molecule has 0 spiro atoms. The Morgan fingerprint density at radius 3 is 2.90 bits per heavy atom. The van der Waals surface area contributed by atoms with Crippen LogP contribution in [-0.2, 0) is 0 Å². The van der Waals surface area contributed by atoms with Crippen molar-refractivity contribution in [2.45, 2.75) is 38.1 Å². The Bertz CT molecular complexity index is 849. The number of nitrogens with one attached hydrogen (secondary N) is 2. The highest BCUT2D eigenvalue weighted by molar-refractivity contribution is 5.98. The summed E-state index contributed by atoms with van der Waals surface area (Å²) >= 11 is 0. The number of piperazine rings is 1. The summed E-state index contributed by atoms with van der Waals surface area (Å²) in [5, 5.41) is 6.68. The molecule has 1 atom stereocenters. The standard InChI is InChI=1S/C24H30N4O/c29-24(27-15-13-19-8-3-1-4-9-19)21-12-7-14-26-23(21)28-17-16-25-22(18-28)20-10-5-2-6-11-20/h2,5-8,10-12,14,22,25H,1,3-4,9,13,15-18H2,(H,27,29)/t22-/m0/s1. The van der Waals surface area contributed by atoms with Crippen molar-refractivity contribution in [1.82, 2.24) is 15.6 Å². The van der Waals surface area contributed by atoms with Crippen LogP contribution in [0.3, 0.4) is 0 Å². The molecule has 1 aromatic carbocycles. The zero-order chi connectivity index (χ0) is 19.9. The van der Waals surface area contributed by atoms with Gasteiger partial charge in [0.05, 0.1) is 5.56 Å². The van der Waals surface area contributed by atoms with Gasteiger partial charge in [-0.05, 0) is 49.8 Å². The van der Waals surface area contributed by atoms with E-state index in [0.717, 1.165) is 31.9 Å². The van der Waals surface area contributed by atoms with Crippen LogP contribution in [0.25, 0.3) is 0 Å². The maximum absolute atomic E-state index is 12.9. The molecule has 1 fully saturated rings. The zero-order valence-electron chi connectivity index (χ0n) is 16.9. The highest BCUT2D eigenvalue weighted by Crippen LogP contribution is 2.24. The summed E-state index contributed by atoms with van der Waals surface area (Å²) in [5.41, 5.74) is 3.41. The van der Waals surface area contributed by atoms with Gasteiger partial charge in [-0.2, -0.15) is 0 Å². The van der Waals surface area contributed by atoms with Gasteiger partial charge in [0, 0.05) is 38.4 Å². The average Bonchev–Trinajstić information content (AvgIpc) is 2.80. The summed E-state index contributed by atoms with van der Waals surface area (Å²) in [6.45, 7) is 3.19. The molecule has 0 unspecified atom stereocenters. The fraction of sp³-hybridized carbons (Fsp3) is 0.417. The predicted octanol–water partition coefficient (Wildman–Crippen LogP) is 3.85. The minimum Gasteiger partial charge on any atom is -0.353 e. The summed E-state index contributed by atoms with van der Waals surface area (Å²) in [7, 11) is 0. The Kier molecular flexibility index (Phi) is 6.57. The number of amides is 1. The number of carbonyl (C=O) groups is 1. The third kappa shape index (κ3) is 5.04. The van der Waals surface area contributed by atoms with Crippen LogP contribution in [0.5, 0.6) is 0 Å². The number of rotatable bonds is 6. The van der Waals surface area contributed by atoms with E-state index in [1.165, 1.54) is 36.8 Å². The van der Waals surface area contributed by atoms with Crippen LogP contribution in [-0.4, -0.2) is 37.1 Å². The molecule has 152 valence electrons. The van der Waals surface area contributed by atoms with Crippen molar-refractivity contribution in [3.63, 3.8) is 0 Å². The van der Waals surface area contributed by atoms with Gasteiger partial charge in [-0.3, -0.25) is 4.79 Å². The monoisotopic (exact) mass is 390 g/mol. The van der Waals surface area contributed by atoms with Gasteiger partial charge in [-0.15, -0.1) is 0 Å². The van der Waals surface area contributed by atoms with Crippen LogP contribution in [0.2, 0.25) is 0 Å². The third-order valence-electron chi connectivity index (χ3n) is 5.82. The lowest BCUT2D eigenvalue weighted by molar-refractivity contribution is 0.0954. The first-order valence-electron chi connectivity index (χ1n) is 10.8. The number of carbonyl (C=O) groups excluding carboxylic acids is 1. The maximum Gasteiger partial charge on any atom is 0.255 e. The van der Waals surface area contributed by atoms with Gasteiger partial charge in [-0.25, -0.2) is 4.98 Å². The molecule has 1 saturated heterocycles. The number of nitrogens with zero attached hydrogens (tertiary/aromatic N) is 2. The van der Waals surface area contributed by atoms with E-state index >= 15 is 0 Å². The van der Waals surface area contributed by atoms with Crippen molar-refractivity contribution in [3.05, 3.63) is 71.4 Å². The van der Waals surface area contributed by atoms with Gasteiger partial charge in [0.15, 0.2) is 0 Å². The first-order valence-corrected chi connectivity index (χ1v) is 10.8. The van der Waals surface area contributed by atoms with Crippen molar-refractivity contribution in [3.8, 4) is 0 Å². The summed E-state index contributed by atoms with van der Waals surface area (Å²) in [5.74, 6) is 0.753. The summed E-state index contributed by atoms with van der Waals surface area (Å²) in [6, 6.07) is 14.4. The molecule has 0 bridgehead atoms. The van der Waals surface area contributed by atoms with E-state index in [1.807, 2.05) is 18.2 Å². The quantitative estimate of drug-likeness (QED) is 0.736. The number of hydrogen-bond acceptors (Lipinski definition) is 4. The zero-order valence-corrected chi connectivity index (χ0v) is 16.9. The molecule has 2 aliphatic rings. The predicted molar refractivity (Wildman–Crippen MR) is 117 cm³/mol. The molecule has 1 aromatic heterocycles. The molecule has 1 amide bonds. The van der Waals surface area contributed by atoms with Gasteiger partial charge in [-0.1, -0.05) is 42.0 Å². The number of hydrogen-bond donors (Lipinski definition) is 2. The Balaban J connectivity index is 1.42. The molecule has 5 heteroatoms. The topological polar surface area (TPSA) is 57.3 Å². The van der Waals surface area contributed by atoms with Gasteiger partial charge in [0.25, 0.3) is 5.91 Å². The lowest BCUT2D eigenvalue weighted by Crippen LogP contribution is -2.46. The second-order valence-corrected chi connectivity index (χ2v) is 7.85. The third-order valence-corrected chi connectivity index (χ3v) is 5.82. The van der Waals surface area contributed by atoms with Crippen LogP contribution in [0, 0.1) is 0 Å². The van der Waals surface area contributed by atoms with E-state index in [9.17, 15) is 4.79 Å². The number of anilines is 1. The van der Waals surface area contributed by atoms with Crippen molar-refractivity contribution < 1.29 is 4.79 Å². The SMILES string of the molecule is O=C(NCCC1=CCCCC1)c1cccnc1N1CCN[C@H](c2ccccc2)C1. The van der Waals surface area contributed by atoms with Gasteiger partial charge in [0.2, 0.25) is 0 Å². The normalized spacial score (nSPS) is 19.5. The Labute approximate surface area is 173 Å². The Morgan fingerprint density at radius 2 is 2.07 bits per heavy atom. The van der Waals surface area contributed by atoms with Crippen molar-refractivity contribution in [2.75, 3.05) is 31.1 Å². The minimum absolute atomic E-state index is 0.0284. The molecule has 4 rings (SSSR count). The number of aromatic nitrogens is 1. The molecule has 1 aliphatic heterocycles.